The normalized spacial score (nSPS) is 18.3. The second-order valence-corrected chi connectivity index (χ2v) is 9.38. The van der Waals surface area contributed by atoms with Crippen molar-refractivity contribution in [3.05, 3.63) is 59.7 Å². The number of carbonyl (C=O) groups excluding carboxylic acids is 1. The minimum atomic E-state index is -3.22. The third kappa shape index (κ3) is 3.83. The number of sulfone groups is 1. The molecule has 2 aromatic carbocycles. The molecule has 0 saturated heterocycles. The third-order valence-electron chi connectivity index (χ3n) is 5.25. The molecule has 2 aromatic rings. The van der Waals surface area contributed by atoms with Gasteiger partial charge in [-0.25, -0.2) is 8.42 Å². The topological polar surface area (TPSA) is 72.5 Å². The van der Waals surface area contributed by atoms with Crippen molar-refractivity contribution in [1.82, 2.24) is 5.32 Å². The van der Waals surface area contributed by atoms with E-state index >= 15 is 0 Å². The van der Waals surface area contributed by atoms with E-state index in [9.17, 15) is 13.2 Å². The number of ether oxygens (including phenoxy) is 1. The van der Waals surface area contributed by atoms with Crippen LogP contribution in [0, 0.1) is 0 Å². The summed E-state index contributed by atoms with van der Waals surface area (Å²) in [5.74, 6) is 0.822. The summed E-state index contributed by atoms with van der Waals surface area (Å²) < 4.78 is 29.5. The lowest BCUT2D eigenvalue weighted by Gasteiger charge is -2.14. The molecule has 1 heterocycles. The van der Waals surface area contributed by atoms with Gasteiger partial charge in [-0.3, -0.25) is 4.79 Å². The van der Waals surface area contributed by atoms with Gasteiger partial charge in [-0.15, -0.1) is 0 Å². The summed E-state index contributed by atoms with van der Waals surface area (Å²) in [7, 11) is -3.22. The molecule has 2 aliphatic rings. The molecule has 5 nitrogen and oxygen atoms in total. The van der Waals surface area contributed by atoms with E-state index in [-0.39, 0.29) is 12.0 Å². The van der Waals surface area contributed by atoms with Gasteiger partial charge in [-0.2, -0.15) is 0 Å². The molecule has 1 N–H and O–H groups in total. The van der Waals surface area contributed by atoms with Crippen LogP contribution in [0.1, 0.15) is 24.8 Å². The maximum atomic E-state index is 12.2. The Labute approximate surface area is 165 Å². The number of carbonyl (C=O) groups is 1. The lowest BCUT2D eigenvalue weighted by atomic mass is 10.0. The van der Waals surface area contributed by atoms with Crippen LogP contribution in [-0.4, -0.2) is 33.2 Å². The molecule has 6 heteroatoms. The van der Waals surface area contributed by atoms with Crippen LogP contribution in [0.3, 0.4) is 0 Å². The van der Waals surface area contributed by atoms with Crippen molar-refractivity contribution in [2.24, 2.45) is 0 Å². The Hall–Kier alpha value is -2.60. The van der Waals surface area contributed by atoms with Crippen LogP contribution in [-0.2, 0) is 21.1 Å². The van der Waals surface area contributed by atoms with Crippen LogP contribution in [0.5, 0.6) is 5.75 Å². The van der Waals surface area contributed by atoms with Gasteiger partial charge in [0.25, 0.3) is 0 Å². The highest BCUT2D eigenvalue weighted by Crippen LogP contribution is 2.39. The quantitative estimate of drug-likeness (QED) is 0.840. The van der Waals surface area contributed by atoms with E-state index in [2.05, 4.69) is 5.32 Å². The molecule has 28 heavy (non-hydrogen) atoms. The number of fused-ring (bicyclic) bond motifs is 1. The molecule has 0 saturated carbocycles. The molecule has 1 atom stereocenters. The van der Waals surface area contributed by atoms with Gasteiger partial charge in [0.1, 0.15) is 11.9 Å². The van der Waals surface area contributed by atoms with Gasteiger partial charge in [-0.1, -0.05) is 36.4 Å². The second-order valence-electron chi connectivity index (χ2n) is 7.37. The van der Waals surface area contributed by atoms with Gasteiger partial charge in [0.2, 0.25) is 5.91 Å². The van der Waals surface area contributed by atoms with Crippen molar-refractivity contribution in [3.63, 3.8) is 0 Å². The fourth-order valence-electron chi connectivity index (χ4n) is 3.76. The predicted molar refractivity (Wildman–Crippen MR) is 108 cm³/mol. The van der Waals surface area contributed by atoms with E-state index in [0.29, 0.717) is 11.4 Å². The molecule has 0 fully saturated rings. The highest BCUT2D eigenvalue weighted by atomic mass is 32.2. The summed E-state index contributed by atoms with van der Waals surface area (Å²) in [4.78, 5) is 12.5. The molecule has 1 aliphatic carbocycles. The summed E-state index contributed by atoms with van der Waals surface area (Å²) in [6.07, 6.45) is 6.74. The Bertz CT molecular complexity index is 1040. The van der Waals surface area contributed by atoms with Gasteiger partial charge >= 0.3 is 0 Å². The highest BCUT2D eigenvalue weighted by molar-refractivity contribution is 7.90. The number of allylic oxidation sites excluding steroid dienone is 1. The van der Waals surface area contributed by atoms with E-state index < -0.39 is 9.84 Å². The standard InChI is InChI=1S/C22H23NO4S/c1-28(25,26)19-11-9-15(10-12-19)20-8-4-7-17-13-18(27-21(17)20)14-23-22(24)16-5-2-3-6-16/h4-5,7-12,18H,2-3,6,13-14H2,1H3,(H,23,24). The minimum absolute atomic E-state index is 0.00800. The van der Waals surface area contributed by atoms with E-state index in [1.807, 2.05) is 24.3 Å². The molecular formula is C22H23NO4S. The zero-order valence-corrected chi connectivity index (χ0v) is 16.6. The number of hydrogen-bond acceptors (Lipinski definition) is 4. The lowest BCUT2D eigenvalue weighted by Crippen LogP contribution is -2.35. The van der Waals surface area contributed by atoms with Gasteiger partial charge in [0.05, 0.1) is 11.4 Å². The van der Waals surface area contributed by atoms with Crippen LogP contribution >= 0.6 is 0 Å². The molecule has 1 aliphatic heterocycles. The highest BCUT2D eigenvalue weighted by Gasteiger charge is 2.26. The Morgan fingerprint density at radius 3 is 2.64 bits per heavy atom. The van der Waals surface area contributed by atoms with Gasteiger partial charge in [0.15, 0.2) is 9.84 Å². The van der Waals surface area contributed by atoms with Gasteiger partial charge in [-0.05, 0) is 42.5 Å². The van der Waals surface area contributed by atoms with Crippen molar-refractivity contribution in [2.45, 2.75) is 36.7 Å². The van der Waals surface area contributed by atoms with Crippen molar-refractivity contribution in [3.8, 4) is 16.9 Å². The second kappa shape index (κ2) is 7.43. The number of hydrogen-bond donors (Lipinski definition) is 1. The van der Waals surface area contributed by atoms with Crippen molar-refractivity contribution in [1.29, 1.82) is 0 Å². The Morgan fingerprint density at radius 2 is 1.96 bits per heavy atom. The first-order valence-electron chi connectivity index (χ1n) is 9.48. The first-order valence-corrected chi connectivity index (χ1v) is 11.4. The largest absolute Gasteiger partial charge is 0.487 e. The van der Waals surface area contributed by atoms with E-state index in [1.165, 1.54) is 6.26 Å². The number of benzene rings is 2. The first-order chi connectivity index (χ1) is 13.4. The molecule has 0 aromatic heterocycles. The molecule has 0 bridgehead atoms. The zero-order chi connectivity index (χ0) is 19.7. The van der Waals surface area contributed by atoms with Crippen LogP contribution in [0.25, 0.3) is 11.1 Å². The number of para-hydroxylation sites is 1. The maximum absolute atomic E-state index is 12.2. The fourth-order valence-corrected chi connectivity index (χ4v) is 4.39. The van der Waals surface area contributed by atoms with E-state index in [4.69, 9.17) is 4.74 Å². The fraction of sp³-hybridized carbons (Fsp3) is 0.318. The summed E-state index contributed by atoms with van der Waals surface area (Å²) in [6, 6.07) is 12.8. The number of amides is 1. The Morgan fingerprint density at radius 1 is 1.18 bits per heavy atom. The average molecular weight is 397 g/mol. The van der Waals surface area contributed by atoms with Crippen molar-refractivity contribution < 1.29 is 17.9 Å². The van der Waals surface area contributed by atoms with Crippen LogP contribution < -0.4 is 10.1 Å². The van der Waals surface area contributed by atoms with Crippen molar-refractivity contribution in [2.75, 3.05) is 12.8 Å². The summed E-state index contributed by atoms with van der Waals surface area (Å²) in [5.41, 5.74) is 3.82. The smallest absolute Gasteiger partial charge is 0.247 e. The molecular weight excluding hydrogens is 374 g/mol. The van der Waals surface area contributed by atoms with Crippen LogP contribution in [0.15, 0.2) is 59.0 Å². The minimum Gasteiger partial charge on any atom is -0.487 e. The summed E-state index contributed by atoms with van der Waals surface area (Å²) in [5, 5.41) is 2.99. The van der Waals surface area contributed by atoms with Crippen molar-refractivity contribution >= 4 is 15.7 Å². The molecule has 1 unspecified atom stereocenters. The van der Waals surface area contributed by atoms with Gasteiger partial charge < -0.3 is 10.1 Å². The average Bonchev–Trinajstić information content (AvgIpc) is 3.34. The van der Waals surface area contributed by atoms with Crippen LogP contribution in [0.4, 0.5) is 0 Å². The summed E-state index contributed by atoms with van der Waals surface area (Å²) >= 11 is 0. The summed E-state index contributed by atoms with van der Waals surface area (Å²) in [6.45, 7) is 0.470. The predicted octanol–water partition coefficient (Wildman–Crippen LogP) is 3.29. The first kappa shape index (κ1) is 18.7. The Balaban J connectivity index is 1.48. The number of rotatable bonds is 5. The molecule has 4 rings (SSSR count). The third-order valence-corrected chi connectivity index (χ3v) is 6.37. The van der Waals surface area contributed by atoms with E-state index in [1.54, 1.807) is 24.3 Å². The lowest BCUT2D eigenvalue weighted by molar-refractivity contribution is -0.117. The molecule has 1 amide bonds. The van der Waals surface area contributed by atoms with Gasteiger partial charge in [0, 0.05) is 23.8 Å². The number of nitrogens with one attached hydrogen (secondary N) is 1. The SMILES string of the molecule is CS(=O)(=O)c1ccc(-c2cccc3c2OC(CNC(=O)C2=CCCC2)C3)cc1. The van der Waals surface area contributed by atoms with Crippen LogP contribution in [0.2, 0.25) is 0 Å². The van der Waals surface area contributed by atoms with E-state index in [0.717, 1.165) is 53.7 Å². The maximum Gasteiger partial charge on any atom is 0.247 e. The monoisotopic (exact) mass is 397 g/mol. The molecule has 0 spiro atoms. The zero-order valence-electron chi connectivity index (χ0n) is 15.8. The molecule has 146 valence electrons. The molecule has 0 radical (unpaired) electrons. The Kier molecular flexibility index (Phi) is 4.98.